The van der Waals surface area contributed by atoms with Crippen molar-refractivity contribution in [1.29, 1.82) is 0 Å². The molecule has 0 aliphatic heterocycles. The quantitative estimate of drug-likeness (QED) is 0.824. The molecule has 2 aromatic rings. The van der Waals surface area contributed by atoms with Crippen molar-refractivity contribution in [2.75, 3.05) is 6.54 Å². The van der Waals surface area contributed by atoms with Gasteiger partial charge >= 0.3 is 0 Å². The first-order chi connectivity index (χ1) is 9.22. The third-order valence-electron chi connectivity index (χ3n) is 3.32. The van der Waals surface area contributed by atoms with E-state index in [1.165, 1.54) is 12.8 Å². The Labute approximate surface area is 117 Å². The monoisotopic (exact) mass is 277 g/mol. The maximum atomic E-state index is 5.54. The molecule has 3 rings (SSSR count). The Kier molecular flexibility index (Phi) is 3.66. The molecule has 0 amide bonds. The number of hydrogen-bond acceptors (Lipinski definition) is 5. The van der Waals surface area contributed by atoms with Crippen LogP contribution in [0.4, 0.5) is 0 Å². The van der Waals surface area contributed by atoms with Gasteiger partial charge in [-0.05, 0) is 45.7 Å². The summed E-state index contributed by atoms with van der Waals surface area (Å²) in [6.07, 6.45) is 4.84. The maximum absolute atomic E-state index is 5.54. The number of rotatable bonds is 6. The molecule has 2 aromatic heterocycles. The second-order valence-corrected chi connectivity index (χ2v) is 6.22. The highest BCUT2D eigenvalue weighted by Crippen LogP contribution is 2.29. The fourth-order valence-electron chi connectivity index (χ4n) is 2.14. The number of nitrogens with zero attached hydrogens (tertiary/aromatic N) is 2. The molecule has 0 spiro atoms. The van der Waals surface area contributed by atoms with Gasteiger partial charge < -0.3 is 9.73 Å². The third-order valence-corrected chi connectivity index (χ3v) is 4.33. The number of furan rings is 1. The van der Waals surface area contributed by atoms with Gasteiger partial charge in [0.05, 0.1) is 5.56 Å². The van der Waals surface area contributed by atoms with E-state index < -0.39 is 0 Å². The Morgan fingerprint density at radius 3 is 2.89 bits per heavy atom. The van der Waals surface area contributed by atoms with Crippen molar-refractivity contribution in [3.63, 3.8) is 0 Å². The average Bonchev–Trinajstić information content (AvgIpc) is 2.98. The van der Waals surface area contributed by atoms with E-state index in [4.69, 9.17) is 4.42 Å². The first-order valence-electron chi connectivity index (χ1n) is 6.85. The highest BCUT2D eigenvalue weighted by molar-refractivity contribution is 7.14. The zero-order chi connectivity index (χ0) is 13.2. The van der Waals surface area contributed by atoms with E-state index >= 15 is 0 Å². The molecule has 2 heterocycles. The molecule has 5 heteroatoms. The van der Waals surface area contributed by atoms with E-state index in [1.807, 2.05) is 19.9 Å². The van der Waals surface area contributed by atoms with Crippen LogP contribution >= 0.6 is 11.3 Å². The number of aryl methyl sites for hydroxylation is 3. The SMILES string of the molecule is Cc1cc(-c2nnc(CCCNC3CC3)s2)c(C)o1. The van der Waals surface area contributed by atoms with E-state index in [9.17, 15) is 0 Å². The average molecular weight is 277 g/mol. The van der Waals surface area contributed by atoms with Crippen LogP contribution in [0.25, 0.3) is 10.6 Å². The number of hydrogen-bond donors (Lipinski definition) is 1. The van der Waals surface area contributed by atoms with Crippen molar-refractivity contribution in [1.82, 2.24) is 15.5 Å². The van der Waals surface area contributed by atoms with Gasteiger partial charge in [0.25, 0.3) is 0 Å². The lowest BCUT2D eigenvalue weighted by Crippen LogP contribution is -2.17. The molecule has 102 valence electrons. The second kappa shape index (κ2) is 5.43. The largest absolute Gasteiger partial charge is 0.466 e. The molecule has 1 saturated carbocycles. The molecule has 1 aliphatic rings. The highest BCUT2D eigenvalue weighted by atomic mass is 32.1. The van der Waals surface area contributed by atoms with Crippen molar-refractivity contribution in [3.05, 3.63) is 22.6 Å². The van der Waals surface area contributed by atoms with Crippen LogP contribution < -0.4 is 5.32 Å². The summed E-state index contributed by atoms with van der Waals surface area (Å²) in [6, 6.07) is 2.83. The highest BCUT2D eigenvalue weighted by Gasteiger charge is 2.19. The van der Waals surface area contributed by atoms with Crippen LogP contribution in [0.15, 0.2) is 10.5 Å². The van der Waals surface area contributed by atoms with Gasteiger partial charge in [0.15, 0.2) is 5.01 Å². The van der Waals surface area contributed by atoms with Gasteiger partial charge in [0.1, 0.15) is 16.5 Å². The number of aromatic nitrogens is 2. The fraction of sp³-hybridized carbons (Fsp3) is 0.571. The van der Waals surface area contributed by atoms with E-state index in [2.05, 4.69) is 15.5 Å². The van der Waals surface area contributed by atoms with Crippen LogP contribution in [-0.2, 0) is 6.42 Å². The lowest BCUT2D eigenvalue weighted by Gasteiger charge is -1.99. The van der Waals surface area contributed by atoms with E-state index in [0.29, 0.717) is 0 Å². The zero-order valence-corrected chi connectivity index (χ0v) is 12.2. The minimum Gasteiger partial charge on any atom is -0.466 e. The summed E-state index contributed by atoms with van der Waals surface area (Å²) in [7, 11) is 0. The zero-order valence-electron chi connectivity index (χ0n) is 11.4. The van der Waals surface area contributed by atoms with Crippen molar-refractivity contribution >= 4 is 11.3 Å². The molecule has 0 atom stereocenters. The van der Waals surface area contributed by atoms with Crippen LogP contribution in [0.5, 0.6) is 0 Å². The van der Waals surface area contributed by atoms with Gasteiger partial charge in [0.2, 0.25) is 0 Å². The topological polar surface area (TPSA) is 51.0 Å². The summed E-state index contributed by atoms with van der Waals surface area (Å²) in [5, 5.41) is 14.2. The predicted octanol–water partition coefficient (Wildman–Crippen LogP) is 3.10. The Morgan fingerprint density at radius 1 is 1.37 bits per heavy atom. The van der Waals surface area contributed by atoms with Crippen molar-refractivity contribution in [2.45, 2.75) is 45.6 Å². The first-order valence-corrected chi connectivity index (χ1v) is 7.67. The Hall–Kier alpha value is -1.20. The van der Waals surface area contributed by atoms with Crippen LogP contribution in [0.3, 0.4) is 0 Å². The van der Waals surface area contributed by atoms with Crippen LogP contribution in [0.2, 0.25) is 0 Å². The molecule has 0 saturated heterocycles. The van der Waals surface area contributed by atoms with Crippen molar-refractivity contribution < 1.29 is 4.42 Å². The predicted molar refractivity (Wildman–Crippen MR) is 76.4 cm³/mol. The molecule has 1 fully saturated rings. The Bertz CT molecular complexity index is 557. The third kappa shape index (κ3) is 3.22. The molecule has 0 radical (unpaired) electrons. The molecule has 0 unspecified atom stereocenters. The van der Waals surface area contributed by atoms with Gasteiger partial charge in [-0.3, -0.25) is 0 Å². The lowest BCUT2D eigenvalue weighted by atomic mass is 10.2. The molecule has 19 heavy (non-hydrogen) atoms. The van der Waals surface area contributed by atoms with Crippen LogP contribution in [0.1, 0.15) is 35.8 Å². The molecular weight excluding hydrogens is 258 g/mol. The second-order valence-electron chi connectivity index (χ2n) is 5.16. The van der Waals surface area contributed by atoms with Gasteiger partial charge in [0, 0.05) is 12.5 Å². The van der Waals surface area contributed by atoms with Crippen molar-refractivity contribution in [2.24, 2.45) is 0 Å². The van der Waals surface area contributed by atoms with E-state index in [0.717, 1.165) is 52.5 Å². The normalized spacial score (nSPS) is 15.1. The molecule has 0 aromatic carbocycles. The summed E-state index contributed by atoms with van der Waals surface area (Å²) < 4.78 is 5.54. The van der Waals surface area contributed by atoms with Gasteiger partial charge in [-0.15, -0.1) is 10.2 Å². The van der Waals surface area contributed by atoms with E-state index in [-0.39, 0.29) is 0 Å². The van der Waals surface area contributed by atoms with Crippen molar-refractivity contribution in [3.8, 4) is 10.6 Å². The molecule has 4 nitrogen and oxygen atoms in total. The van der Waals surface area contributed by atoms with E-state index in [1.54, 1.807) is 11.3 Å². The molecule has 1 N–H and O–H groups in total. The molecule has 0 bridgehead atoms. The first kappa shape index (κ1) is 12.8. The Balaban J connectivity index is 1.57. The minimum absolute atomic E-state index is 0.793. The Morgan fingerprint density at radius 2 is 2.21 bits per heavy atom. The molecule has 1 aliphatic carbocycles. The van der Waals surface area contributed by atoms with Crippen LogP contribution in [-0.4, -0.2) is 22.8 Å². The van der Waals surface area contributed by atoms with Gasteiger partial charge in [-0.25, -0.2) is 0 Å². The number of nitrogens with one attached hydrogen (secondary N) is 1. The summed E-state index contributed by atoms with van der Waals surface area (Å²) in [6.45, 7) is 5.02. The summed E-state index contributed by atoms with van der Waals surface area (Å²) in [5.74, 6) is 1.86. The summed E-state index contributed by atoms with van der Waals surface area (Å²) in [5.41, 5.74) is 1.08. The molecular formula is C14H19N3OS. The fourth-order valence-corrected chi connectivity index (χ4v) is 3.09. The summed E-state index contributed by atoms with van der Waals surface area (Å²) in [4.78, 5) is 0. The van der Waals surface area contributed by atoms with Gasteiger partial charge in [-0.1, -0.05) is 11.3 Å². The van der Waals surface area contributed by atoms with Crippen LogP contribution in [0, 0.1) is 13.8 Å². The van der Waals surface area contributed by atoms with Gasteiger partial charge in [-0.2, -0.15) is 0 Å². The lowest BCUT2D eigenvalue weighted by molar-refractivity contribution is 0.505. The summed E-state index contributed by atoms with van der Waals surface area (Å²) >= 11 is 1.68. The smallest absolute Gasteiger partial charge is 0.151 e. The minimum atomic E-state index is 0.793. The maximum Gasteiger partial charge on any atom is 0.151 e. The standard InChI is InChI=1S/C14H19N3OS/c1-9-8-12(10(2)18-9)14-17-16-13(19-14)4-3-7-15-11-5-6-11/h8,11,15H,3-7H2,1-2H3.